The van der Waals surface area contributed by atoms with Gasteiger partial charge in [0.1, 0.15) is 11.9 Å². The van der Waals surface area contributed by atoms with Crippen molar-refractivity contribution in [1.29, 1.82) is 5.26 Å². The van der Waals surface area contributed by atoms with Crippen molar-refractivity contribution >= 4 is 29.1 Å². The summed E-state index contributed by atoms with van der Waals surface area (Å²) in [7, 11) is 0. The van der Waals surface area contributed by atoms with E-state index in [0.29, 0.717) is 28.0 Å². The predicted molar refractivity (Wildman–Crippen MR) is 85.0 cm³/mol. The lowest BCUT2D eigenvalue weighted by Crippen LogP contribution is -2.07. The number of anilines is 3. The Balaban J connectivity index is 2.31. The molecule has 0 spiro atoms. The van der Waals surface area contributed by atoms with Gasteiger partial charge in [-0.25, -0.2) is 4.98 Å². The van der Waals surface area contributed by atoms with Crippen molar-refractivity contribution in [2.24, 2.45) is 0 Å². The molecule has 2 rings (SSSR count). The fourth-order valence-electron chi connectivity index (χ4n) is 1.74. The van der Waals surface area contributed by atoms with Crippen LogP contribution in [0, 0.1) is 18.3 Å². The molecule has 0 unspecified atom stereocenters. The molecule has 0 fully saturated rings. The summed E-state index contributed by atoms with van der Waals surface area (Å²) in [4.78, 5) is 8.65. The molecule has 0 radical (unpaired) electrons. The van der Waals surface area contributed by atoms with Crippen LogP contribution in [0.5, 0.6) is 0 Å². The lowest BCUT2D eigenvalue weighted by molar-refractivity contribution is 0.950. The van der Waals surface area contributed by atoms with E-state index in [1.165, 1.54) is 0 Å². The zero-order chi connectivity index (χ0) is 15.2. The Labute approximate surface area is 129 Å². The lowest BCUT2D eigenvalue weighted by atomic mass is 10.2. The zero-order valence-electron chi connectivity index (χ0n) is 11.9. The van der Waals surface area contributed by atoms with Gasteiger partial charge in [-0.05, 0) is 31.5 Å². The summed E-state index contributed by atoms with van der Waals surface area (Å²) < 4.78 is 0. The number of nitrogens with zero attached hydrogens (tertiary/aromatic N) is 3. The second-order valence-electron chi connectivity index (χ2n) is 4.58. The van der Waals surface area contributed by atoms with E-state index in [0.717, 1.165) is 18.5 Å². The first-order valence-corrected chi connectivity index (χ1v) is 7.06. The molecule has 5 nitrogen and oxygen atoms in total. The van der Waals surface area contributed by atoms with Gasteiger partial charge in [-0.1, -0.05) is 18.5 Å². The standard InChI is InChI=1S/C15H16ClN5/c1-3-6-18-15-19-9-10(2)14(21-15)20-13-7-12(16)5-4-11(13)8-17/h4-5,7,9H,3,6H2,1-2H3,(H2,18,19,20,21). The molecule has 108 valence electrons. The van der Waals surface area contributed by atoms with Gasteiger partial charge in [0.25, 0.3) is 0 Å². The molecule has 1 aromatic carbocycles. The number of nitrogens with one attached hydrogen (secondary N) is 2. The van der Waals surface area contributed by atoms with Crippen molar-refractivity contribution in [3.05, 3.63) is 40.5 Å². The van der Waals surface area contributed by atoms with Crippen LogP contribution in [0.25, 0.3) is 0 Å². The largest absolute Gasteiger partial charge is 0.354 e. The Morgan fingerprint density at radius 1 is 1.38 bits per heavy atom. The molecule has 0 amide bonds. The summed E-state index contributed by atoms with van der Waals surface area (Å²) in [6.07, 6.45) is 2.73. The number of hydrogen-bond donors (Lipinski definition) is 2. The van der Waals surface area contributed by atoms with Crippen LogP contribution in [0.15, 0.2) is 24.4 Å². The van der Waals surface area contributed by atoms with Gasteiger partial charge < -0.3 is 10.6 Å². The van der Waals surface area contributed by atoms with Crippen LogP contribution >= 0.6 is 11.6 Å². The number of nitriles is 1. The summed E-state index contributed by atoms with van der Waals surface area (Å²) in [5, 5.41) is 16.0. The van der Waals surface area contributed by atoms with Gasteiger partial charge in [-0.2, -0.15) is 10.2 Å². The molecule has 1 heterocycles. The Morgan fingerprint density at radius 2 is 2.19 bits per heavy atom. The van der Waals surface area contributed by atoms with Gasteiger partial charge >= 0.3 is 0 Å². The third-order valence-corrected chi connectivity index (χ3v) is 3.10. The number of halogens is 1. The van der Waals surface area contributed by atoms with Crippen LogP contribution in [0.4, 0.5) is 17.5 Å². The summed E-state index contributed by atoms with van der Waals surface area (Å²) in [6.45, 7) is 4.79. The van der Waals surface area contributed by atoms with Crippen molar-refractivity contribution in [2.45, 2.75) is 20.3 Å². The van der Waals surface area contributed by atoms with Crippen molar-refractivity contribution in [1.82, 2.24) is 9.97 Å². The molecule has 0 atom stereocenters. The van der Waals surface area contributed by atoms with Gasteiger partial charge in [0.05, 0.1) is 11.3 Å². The van der Waals surface area contributed by atoms with Crippen molar-refractivity contribution in [2.75, 3.05) is 17.2 Å². The molecule has 0 bridgehead atoms. The van der Waals surface area contributed by atoms with E-state index in [1.807, 2.05) is 6.92 Å². The first-order chi connectivity index (χ1) is 10.1. The summed E-state index contributed by atoms with van der Waals surface area (Å²) in [6, 6.07) is 7.21. The van der Waals surface area contributed by atoms with Crippen molar-refractivity contribution in [3.8, 4) is 6.07 Å². The fraction of sp³-hybridized carbons (Fsp3) is 0.267. The van der Waals surface area contributed by atoms with Crippen LogP contribution in [-0.4, -0.2) is 16.5 Å². The SMILES string of the molecule is CCCNc1ncc(C)c(Nc2cc(Cl)ccc2C#N)n1. The molecule has 1 aromatic heterocycles. The second-order valence-corrected chi connectivity index (χ2v) is 5.02. The normalized spacial score (nSPS) is 10.0. The predicted octanol–water partition coefficient (Wildman–Crippen LogP) is 3.88. The van der Waals surface area contributed by atoms with Gasteiger partial charge in [-0.3, -0.25) is 0 Å². The van der Waals surface area contributed by atoms with Crippen LogP contribution in [-0.2, 0) is 0 Å². The minimum absolute atomic E-state index is 0.514. The van der Waals surface area contributed by atoms with Gasteiger partial charge in [0, 0.05) is 23.3 Å². The molecule has 0 aliphatic heterocycles. The monoisotopic (exact) mass is 301 g/mol. The molecule has 6 heteroatoms. The first-order valence-electron chi connectivity index (χ1n) is 6.68. The maximum absolute atomic E-state index is 9.15. The molecule has 21 heavy (non-hydrogen) atoms. The van der Waals surface area contributed by atoms with Crippen LogP contribution in [0.1, 0.15) is 24.5 Å². The van der Waals surface area contributed by atoms with Crippen LogP contribution in [0.2, 0.25) is 5.02 Å². The number of aryl methyl sites for hydroxylation is 1. The lowest BCUT2D eigenvalue weighted by Gasteiger charge is -2.12. The minimum Gasteiger partial charge on any atom is -0.354 e. The highest BCUT2D eigenvalue weighted by Crippen LogP contribution is 2.25. The minimum atomic E-state index is 0.514. The van der Waals surface area contributed by atoms with Crippen LogP contribution < -0.4 is 10.6 Å². The Bertz CT molecular complexity index is 678. The maximum atomic E-state index is 9.15. The zero-order valence-corrected chi connectivity index (χ0v) is 12.7. The highest BCUT2D eigenvalue weighted by Gasteiger charge is 2.08. The van der Waals surface area contributed by atoms with E-state index < -0.39 is 0 Å². The number of hydrogen-bond acceptors (Lipinski definition) is 5. The Hall–Kier alpha value is -2.32. The number of aromatic nitrogens is 2. The molecule has 2 aromatic rings. The molecule has 0 saturated heterocycles. The molecular weight excluding hydrogens is 286 g/mol. The van der Waals surface area contributed by atoms with Crippen molar-refractivity contribution in [3.63, 3.8) is 0 Å². The summed E-state index contributed by atoms with van der Waals surface area (Å²) in [5.74, 6) is 1.22. The molecule has 0 aliphatic carbocycles. The van der Waals surface area contributed by atoms with E-state index in [2.05, 4.69) is 33.6 Å². The summed E-state index contributed by atoms with van der Waals surface area (Å²) >= 11 is 5.99. The van der Waals surface area contributed by atoms with E-state index in [-0.39, 0.29) is 0 Å². The Morgan fingerprint density at radius 3 is 2.90 bits per heavy atom. The number of benzene rings is 1. The fourth-order valence-corrected chi connectivity index (χ4v) is 1.91. The second kappa shape index (κ2) is 6.91. The third-order valence-electron chi connectivity index (χ3n) is 2.86. The summed E-state index contributed by atoms with van der Waals surface area (Å²) in [5.41, 5.74) is 2.04. The molecular formula is C15H16ClN5. The van der Waals surface area contributed by atoms with E-state index in [1.54, 1.807) is 24.4 Å². The van der Waals surface area contributed by atoms with Gasteiger partial charge in [0.2, 0.25) is 5.95 Å². The van der Waals surface area contributed by atoms with E-state index >= 15 is 0 Å². The molecule has 0 saturated carbocycles. The van der Waals surface area contributed by atoms with Crippen molar-refractivity contribution < 1.29 is 0 Å². The topological polar surface area (TPSA) is 73.6 Å². The maximum Gasteiger partial charge on any atom is 0.224 e. The van der Waals surface area contributed by atoms with Gasteiger partial charge in [0.15, 0.2) is 0 Å². The first kappa shape index (κ1) is 15.1. The highest BCUT2D eigenvalue weighted by molar-refractivity contribution is 6.30. The molecule has 0 aliphatic rings. The van der Waals surface area contributed by atoms with Crippen LogP contribution in [0.3, 0.4) is 0 Å². The van der Waals surface area contributed by atoms with E-state index in [4.69, 9.17) is 16.9 Å². The number of rotatable bonds is 5. The average Bonchev–Trinajstić information content (AvgIpc) is 2.48. The van der Waals surface area contributed by atoms with E-state index in [9.17, 15) is 0 Å². The highest BCUT2D eigenvalue weighted by atomic mass is 35.5. The molecule has 2 N–H and O–H groups in total. The third kappa shape index (κ3) is 3.83. The average molecular weight is 302 g/mol. The Kier molecular flexibility index (Phi) is 4.96. The quantitative estimate of drug-likeness (QED) is 0.877. The van der Waals surface area contributed by atoms with Gasteiger partial charge in [-0.15, -0.1) is 0 Å². The smallest absolute Gasteiger partial charge is 0.224 e.